The lowest BCUT2D eigenvalue weighted by atomic mass is 10.1. The molecule has 0 saturated heterocycles. The van der Waals surface area contributed by atoms with Crippen LogP contribution in [0.3, 0.4) is 0 Å². The van der Waals surface area contributed by atoms with Crippen molar-refractivity contribution in [3.8, 4) is 0 Å². The number of amides is 1. The number of halogens is 1. The monoisotopic (exact) mass is 343 g/mol. The van der Waals surface area contributed by atoms with E-state index in [4.69, 9.17) is 20.8 Å². The van der Waals surface area contributed by atoms with Gasteiger partial charge in [0.1, 0.15) is 5.58 Å². The minimum absolute atomic E-state index is 0.243. The Bertz CT molecular complexity index is 885. The van der Waals surface area contributed by atoms with Gasteiger partial charge in [-0.2, -0.15) is 0 Å². The molecule has 0 saturated carbocycles. The number of aryl methyl sites for hydroxylation is 1. The molecule has 0 aliphatic heterocycles. The second-order valence-corrected chi connectivity index (χ2v) is 6.02. The predicted octanol–water partition coefficient (Wildman–Crippen LogP) is 4.47. The molecule has 24 heavy (non-hydrogen) atoms. The van der Waals surface area contributed by atoms with Crippen LogP contribution in [0.25, 0.3) is 11.0 Å². The Labute approximate surface area is 145 Å². The summed E-state index contributed by atoms with van der Waals surface area (Å²) < 4.78 is 10.9. The maximum Gasteiger partial charge on any atom is 0.287 e. The molecule has 0 atom stereocenters. The Morgan fingerprint density at radius 2 is 1.96 bits per heavy atom. The van der Waals surface area contributed by atoms with Crippen molar-refractivity contribution in [1.29, 1.82) is 0 Å². The van der Waals surface area contributed by atoms with Crippen LogP contribution in [-0.2, 0) is 17.9 Å². The van der Waals surface area contributed by atoms with E-state index >= 15 is 0 Å². The maximum absolute atomic E-state index is 12.5. The topological polar surface area (TPSA) is 51.5 Å². The SMILES string of the molecule is COCc1ccccc1CNC(=O)c1oc2ccc(Cl)cc2c1C. The van der Waals surface area contributed by atoms with Gasteiger partial charge in [-0.3, -0.25) is 4.79 Å². The number of nitrogens with one attached hydrogen (secondary N) is 1. The number of ether oxygens (including phenoxy) is 1. The molecule has 0 unspecified atom stereocenters. The van der Waals surface area contributed by atoms with E-state index in [1.165, 1.54) is 0 Å². The first-order chi connectivity index (χ1) is 11.6. The smallest absolute Gasteiger partial charge is 0.287 e. The maximum atomic E-state index is 12.5. The second-order valence-electron chi connectivity index (χ2n) is 5.58. The summed E-state index contributed by atoms with van der Waals surface area (Å²) in [6.07, 6.45) is 0. The van der Waals surface area contributed by atoms with E-state index in [0.717, 1.165) is 22.1 Å². The number of methoxy groups -OCH3 is 1. The lowest BCUT2D eigenvalue weighted by Gasteiger charge is -2.09. The third-order valence-electron chi connectivity index (χ3n) is 3.96. The van der Waals surface area contributed by atoms with Gasteiger partial charge in [0.25, 0.3) is 5.91 Å². The van der Waals surface area contributed by atoms with Gasteiger partial charge >= 0.3 is 0 Å². The molecular weight excluding hydrogens is 326 g/mol. The van der Waals surface area contributed by atoms with Crippen LogP contribution in [-0.4, -0.2) is 13.0 Å². The Balaban J connectivity index is 1.80. The predicted molar refractivity (Wildman–Crippen MR) is 94.3 cm³/mol. The molecule has 0 aliphatic rings. The van der Waals surface area contributed by atoms with Crippen molar-refractivity contribution in [2.45, 2.75) is 20.1 Å². The van der Waals surface area contributed by atoms with Crippen LogP contribution in [0.4, 0.5) is 0 Å². The Morgan fingerprint density at radius 3 is 2.71 bits per heavy atom. The van der Waals surface area contributed by atoms with Gasteiger partial charge in [-0.25, -0.2) is 0 Å². The number of hydrogen-bond acceptors (Lipinski definition) is 3. The van der Waals surface area contributed by atoms with Gasteiger partial charge in [-0.1, -0.05) is 35.9 Å². The molecule has 1 aromatic heterocycles. The van der Waals surface area contributed by atoms with Crippen molar-refractivity contribution >= 4 is 28.5 Å². The molecule has 0 spiro atoms. The number of fused-ring (bicyclic) bond motifs is 1. The summed E-state index contributed by atoms with van der Waals surface area (Å²) in [7, 11) is 1.65. The Morgan fingerprint density at radius 1 is 1.21 bits per heavy atom. The van der Waals surface area contributed by atoms with E-state index in [1.807, 2.05) is 31.2 Å². The van der Waals surface area contributed by atoms with Gasteiger partial charge in [-0.15, -0.1) is 0 Å². The highest BCUT2D eigenvalue weighted by Gasteiger charge is 2.17. The Hall–Kier alpha value is -2.30. The number of benzene rings is 2. The highest BCUT2D eigenvalue weighted by Crippen LogP contribution is 2.27. The average Bonchev–Trinajstić information content (AvgIpc) is 2.91. The van der Waals surface area contributed by atoms with Gasteiger partial charge in [0, 0.05) is 29.6 Å². The van der Waals surface area contributed by atoms with Gasteiger partial charge in [0.15, 0.2) is 5.76 Å². The van der Waals surface area contributed by atoms with E-state index < -0.39 is 0 Å². The molecule has 3 aromatic rings. The highest BCUT2D eigenvalue weighted by atomic mass is 35.5. The summed E-state index contributed by atoms with van der Waals surface area (Å²) in [5.41, 5.74) is 3.51. The van der Waals surface area contributed by atoms with Gasteiger partial charge < -0.3 is 14.5 Å². The molecule has 4 nitrogen and oxygen atoms in total. The van der Waals surface area contributed by atoms with Gasteiger partial charge in [-0.05, 0) is 36.2 Å². The zero-order valence-electron chi connectivity index (χ0n) is 13.6. The second kappa shape index (κ2) is 7.07. The normalized spacial score (nSPS) is 11.0. The van der Waals surface area contributed by atoms with E-state index in [1.54, 1.807) is 25.3 Å². The summed E-state index contributed by atoms with van der Waals surface area (Å²) in [5, 5.41) is 4.38. The van der Waals surface area contributed by atoms with Crippen LogP contribution in [0.1, 0.15) is 27.2 Å². The fraction of sp³-hybridized carbons (Fsp3) is 0.211. The Kier molecular flexibility index (Phi) is 4.88. The molecule has 1 N–H and O–H groups in total. The van der Waals surface area contributed by atoms with Crippen LogP contribution in [0.5, 0.6) is 0 Å². The largest absolute Gasteiger partial charge is 0.451 e. The van der Waals surface area contributed by atoms with E-state index in [0.29, 0.717) is 29.5 Å². The van der Waals surface area contributed by atoms with Crippen molar-refractivity contribution in [3.63, 3.8) is 0 Å². The number of rotatable bonds is 5. The number of hydrogen-bond donors (Lipinski definition) is 1. The number of furan rings is 1. The summed E-state index contributed by atoms with van der Waals surface area (Å²) in [6, 6.07) is 13.2. The third-order valence-corrected chi connectivity index (χ3v) is 4.20. The van der Waals surface area contributed by atoms with Crippen molar-refractivity contribution in [2.75, 3.05) is 7.11 Å². The minimum atomic E-state index is -0.243. The zero-order chi connectivity index (χ0) is 17.1. The number of carbonyl (C=O) groups excluding carboxylic acids is 1. The summed E-state index contributed by atoms with van der Waals surface area (Å²) in [5.74, 6) is 0.0727. The molecule has 5 heteroatoms. The highest BCUT2D eigenvalue weighted by molar-refractivity contribution is 6.31. The molecular formula is C19H18ClNO3. The fourth-order valence-electron chi connectivity index (χ4n) is 2.69. The van der Waals surface area contributed by atoms with Crippen LogP contribution in [0, 0.1) is 6.92 Å². The van der Waals surface area contributed by atoms with Crippen molar-refractivity contribution in [1.82, 2.24) is 5.32 Å². The summed E-state index contributed by atoms with van der Waals surface area (Å²) in [4.78, 5) is 12.5. The lowest BCUT2D eigenvalue weighted by molar-refractivity contribution is 0.0924. The van der Waals surface area contributed by atoms with Crippen LogP contribution in [0.15, 0.2) is 46.9 Å². The van der Waals surface area contributed by atoms with Gasteiger partial charge in [0.05, 0.1) is 6.61 Å². The van der Waals surface area contributed by atoms with Crippen LogP contribution >= 0.6 is 11.6 Å². The molecule has 0 fully saturated rings. The molecule has 2 aromatic carbocycles. The summed E-state index contributed by atoms with van der Waals surface area (Å²) >= 11 is 6.01. The molecule has 0 radical (unpaired) electrons. The first-order valence-corrected chi connectivity index (χ1v) is 8.00. The van der Waals surface area contributed by atoms with Crippen molar-refractivity contribution in [2.24, 2.45) is 0 Å². The molecule has 1 heterocycles. The van der Waals surface area contributed by atoms with E-state index in [2.05, 4.69) is 5.32 Å². The van der Waals surface area contributed by atoms with Crippen molar-refractivity contribution < 1.29 is 13.9 Å². The van der Waals surface area contributed by atoms with Gasteiger partial charge in [0.2, 0.25) is 0 Å². The molecule has 1 amide bonds. The van der Waals surface area contributed by atoms with Crippen molar-refractivity contribution in [3.05, 3.63) is 69.9 Å². The quantitative estimate of drug-likeness (QED) is 0.743. The minimum Gasteiger partial charge on any atom is -0.451 e. The average molecular weight is 344 g/mol. The third kappa shape index (κ3) is 3.30. The van der Waals surface area contributed by atoms with E-state index in [9.17, 15) is 4.79 Å². The first-order valence-electron chi connectivity index (χ1n) is 7.62. The molecule has 0 bridgehead atoms. The van der Waals surface area contributed by atoms with Crippen LogP contribution < -0.4 is 5.32 Å². The lowest BCUT2D eigenvalue weighted by Crippen LogP contribution is -2.23. The first kappa shape index (κ1) is 16.6. The molecule has 3 rings (SSSR count). The van der Waals surface area contributed by atoms with E-state index in [-0.39, 0.29) is 5.91 Å². The zero-order valence-corrected chi connectivity index (χ0v) is 14.3. The standard InChI is InChI=1S/C19H18ClNO3/c1-12-16-9-15(20)7-8-17(16)24-18(12)19(22)21-10-13-5-3-4-6-14(13)11-23-2/h3-9H,10-11H2,1-2H3,(H,21,22). The molecule has 124 valence electrons. The summed E-state index contributed by atoms with van der Waals surface area (Å²) in [6.45, 7) is 2.78. The van der Waals surface area contributed by atoms with Crippen LogP contribution in [0.2, 0.25) is 5.02 Å². The molecule has 0 aliphatic carbocycles. The fourth-order valence-corrected chi connectivity index (χ4v) is 2.86. The number of carbonyl (C=O) groups is 1.